The normalized spacial score (nSPS) is 27.3. The molecule has 5 heterocycles. The van der Waals surface area contributed by atoms with Gasteiger partial charge in [-0.1, -0.05) is 18.2 Å². The van der Waals surface area contributed by atoms with Crippen LogP contribution >= 0.6 is 6.72 Å². The molecule has 0 spiro atoms. The van der Waals surface area contributed by atoms with Gasteiger partial charge >= 0.3 is 12.4 Å². The van der Waals surface area contributed by atoms with Gasteiger partial charge in [-0.25, -0.2) is 35.1 Å². The number of nitrogens with one attached hydrogen (secondary N) is 2. The number of benzene rings is 1. The summed E-state index contributed by atoms with van der Waals surface area (Å²) in [6.07, 6.45) is -10.2. The van der Waals surface area contributed by atoms with Gasteiger partial charge < -0.3 is 38.9 Å². The van der Waals surface area contributed by atoms with Gasteiger partial charge in [0, 0.05) is 17.8 Å². The van der Waals surface area contributed by atoms with E-state index in [1.54, 1.807) is 30.3 Å². The number of aliphatic hydroxyl groups excluding tert-OH is 2. The molecule has 2 aliphatic heterocycles. The molecule has 1 amide bonds. The number of ether oxygens (including phenoxy) is 2. The van der Waals surface area contributed by atoms with Gasteiger partial charge in [0.1, 0.15) is 37.4 Å². The lowest BCUT2D eigenvalue weighted by molar-refractivity contribution is -0.0549. The number of aromatic nitrogens is 6. The maximum Gasteiger partial charge on any atom is 0.330 e. The highest BCUT2D eigenvalue weighted by molar-refractivity contribution is 8.07. The van der Waals surface area contributed by atoms with Gasteiger partial charge in [0.2, 0.25) is 6.54 Å². The van der Waals surface area contributed by atoms with Crippen LogP contribution in [-0.2, 0) is 34.9 Å². The monoisotopic (exact) mass is 750 g/mol. The average Bonchev–Trinajstić information content (AvgIpc) is 3.78. The molecule has 6 rings (SSSR count). The van der Waals surface area contributed by atoms with Crippen molar-refractivity contribution < 1.29 is 46.8 Å². The van der Waals surface area contributed by atoms with Gasteiger partial charge in [0.05, 0.1) is 19.5 Å². The van der Waals surface area contributed by atoms with Crippen molar-refractivity contribution in [3.05, 3.63) is 93.1 Å². The van der Waals surface area contributed by atoms with E-state index in [2.05, 4.69) is 25.1 Å². The Kier molecular flexibility index (Phi) is 11.1. The molecule has 2 saturated heterocycles. The highest BCUT2D eigenvalue weighted by Gasteiger charge is 2.51. The van der Waals surface area contributed by atoms with E-state index in [1.165, 1.54) is 10.9 Å². The van der Waals surface area contributed by atoms with Gasteiger partial charge in [-0.05, 0) is 23.9 Å². The number of carbonyl (C=O) groups excluding carboxylic acids is 1. The molecule has 3 unspecified atom stereocenters. The Bertz CT molecular complexity index is 2080. The summed E-state index contributed by atoms with van der Waals surface area (Å²) in [4.78, 5) is 54.1. The van der Waals surface area contributed by atoms with Crippen molar-refractivity contribution in [1.29, 1.82) is 0 Å². The number of H-pyrrole nitrogens is 1. The number of alkyl halides is 2. The molecular weight excluding hydrogens is 721 g/mol. The average molecular weight is 751 g/mol. The van der Waals surface area contributed by atoms with Crippen LogP contribution in [0.2, 0.25) is 0 Å². The number of fused-ring (bicyclic) bond motifs is 1. The molecule has 18 nitrogen and oxygen atoms in total. The highest BCUT2D eigenvalue weighted by Crippen LogP contribution is 2.54. The SMILES string of the molecule is [C-]#[N+]CCOP(=S)(OC[C@H]1O[C@@H](n2cnc3c(NC(=O)c4ccccc4)ncnc32)[C@@H](F)C1O)OC1[C@@H](CO)O[C@@H](n2ccc(=O)[nH]c2=O)[C@H]1F. The number of imidazole rings is 1. The number of halogens is 2. The van der Waals surface area contributed by atoms with Crippen LogP contribution in [0.4, 0.5) is 14.6 Å². The summed E-state index contributed by atoms with van der Waals surface area (Å²) >= 11 is 5.49. The first kappa shape index (κ1) is 36.4. The third-order valence-electron chi connectivity index (χ3n) is 7.87. The molecule has 4 aromatic rings. The van der Waals surface area contributed by atoms with Crippen LogP contribution in [0, 0.1) is 6.57 Å². The molecule has 2 aliphatic rings. The molecule has 270 valence electrons. The van der Waals surface area contributed by atoms with Gasteiger partial charge in [-0.15, -0.1) is 0 Å². The van der Waals surface area contributed by atoms with E-state index < -0.39 is 86.3 Å². The fourth-order valence-corrected chi connectivity index (χ4v) is 7.48. The van der Waals surface area contributed by atoms with E-state index in [-0.39, 0.29) is 30.1 Å². The molecule has 22 heteroatoms. The maximum absolute atomic E-state index is 15.8. The van der Waals surface area contributed by atoms with Gasteiger partial charge in [0.25, 0.3) is 11.5 Å². The summed E-state index contributed by atoms with van der Waals surface area (Å²) in [5.41, 5.74) is -1.16. The number of nitrogens with zero attached hydrogens (tertiary/aromatic N) is 6. The quantitative estimate of drug-likeness (QED) is 0.0853. The maximum atomic E-state index is 15.8. The first-order valence-electron chi connectivity index (χ1n) is 15.2. The van der Waals surface area contributed by atoms with Crippen molar-refractivity contribution in [2.24, 2.45) is 0 Å². The predicted molar refractivity (Wildman–Crippen MR) is 174 cm³/mol. The smallest absolute Gasteiger partial charge is 0.330 e. The largest absolute Gasteiger partial charge is 0.394 e. The van der Waals surface area contributed by atoms with Gasteiger partial charge in [0.15, 0.2) is 41.8 Å². The molecule has 0 aliphatic carbocycles. The third kappa shape index (κ3) is 7.64. The Morgan fingerprint density at radius 2 is 1.82 bits per heavy atom. The van der Waals surface area contributed by atoms with E-state index in [0.717, 1.165) is 23.2 Å². The first-order valence-corrected chi connectivity index (χ1v) is 17.7. The zero-order valence-corrected chi connectivity index (χ0v) is 27.8. The number of anilines is 1. The molecule has 0 saturated carbocycles. The van der Waals surface area contributed by atoms with E-state index in [9.17, 15) is 24.6 Å². The van der Waals surface area contributed by atoms with E-state index >= 15 is 8.78 Å². The lowest BCUT2D eigenvalue weighted by Gasteiger charge is -2.28. The number of aliphatic hydroxyl groups is 2. The summed E-state index contributed by atoms with van der Waals surface area (Å²) in [5, 5.41) is 23.4. The second-order valence-corrected chi connectivity index (χ2v) is 14.1. The molecular formula is C29H29F2N8O10PS. The fraction of sp³-hybridized carbons (Fsp3) is 0.414. The van der Waals surface area contributed by atoms with Gasteiger partial charge in [-0.3, -0.25) is 28.2 Å². The minimum Gasteiger partial charge on any atom is -0.394 e. The number of hydrogen-bond acceptors (Lipinski definition) is 14. The third-order valence-corrected chi connectivity index (χ3v) is 10.2. The minimum absolute atomic E-state index is 0.0479. The topological polar surface area (TPSA) is 219 Å². The standard InChI is InChI=1S/C29H29F2N8O10PS/c1-32-8-10-45-50(51,49-23-16(11-40)47-28(20(23)31)38-9-7-18(41)36-29(38)44)46-12-17-22(42)19(30)27(48-17)39-14-35-21-24(33-13-34-25(21)39)37-26(43)15-5-3-2-4-6-15/h2-7,9,13-14,16-17,19-20,22-23,27-28,40,42H,8,10-12H2,(H,36,41,44)(H,33,34,37,43)/t16-,17-,19+,20+,22?,23?,27-,28-,50?/m1/s1. The number of aromatic amines is 1. The number of carbonyl (C=O) groups is 1. The van der Waals surface area contributed by atoms with Crippen LogP contribution in [-0.4, -0.2) is 108 Å². The predicted octanol–water partition coefficient (Wildman–Crippen LogP) is 1.02. The minimum atomic E-state index is -4.07. The Morgan fingerprint density at radius 1 is 1.08 bits per heavy atom. The van der Waals surface area contributed by atoms with E-state index in [4.69, 9.17) is 41.4 Å². The zero-order chi connectivity index (χ0) is 36.3. The van der Waals surface area contributed by atoms with Crippen LogP contribution < -0.4 is 16.6 Å². The van der Waals surface area contributed by atoms with E-state index in [1.807, 2.05) is 4.98 Å². The second-order valence-electron chi connectivity index (χ2n) is 11.1. The van der Waals surface area contributed by atoms with Gasteiger partial charge in [-0.2, -0.15) is 0 Å². The molecule has 4 N–H and O–H groups in total. The van der Waals surface area contributed by atoms with Crippen LogP contribution in [0.15, 0.2) is 64.8 Å². The Labute approximate surface area is 291 Å². The first-order chi connectivity index (χ1) is 24.5. The van der Waals surface area contributed by atoms with Crippen molar-refractivity contribution in [2.75, 3.05) is 31.7 Å². The molecule has 0 radical (unpaired) electrons. The summed E-state index contributed by atoms with van der Waals surface area (Å²) in [5.74, 6) is -0.420. The Hall–Kier alpha value is -4.36. The van der Waals surface area contributed by atoms with Crippen molar-refractivity contribution in [1.82, 2.24) is 29.1 Å². The van der Waals surface area contributed by atoms with Crippen LogP contribution in [0.5, 0.6) is 0 Å². The molecule has 2 fully saturated rings. The second kappa shape index (κ2) is 15.5. The molecule has 9 atom stereocenters. The highest BCUT2D eigenvalue weighted by atomic mass is 32.5. The van der Waals surface area contributed by atoms with Crippen molar-refractivity contribution in [2.45, 2.75) is 49.2 Å². The van der Waals surface area contributed by atoms with Crippen molar-refractivity contribution in [3.63, 3.8) is 0 Å². The Morgan fingerprint density at radius 3 is 2.55 bits per heavy atom. The fourth-order valence-electron chi connectivity index (χ4n) is 5.39. The van der Waals surface area contributed by atoms with E-state index in [0.29, 0.717) is 5.56 Å². The van der Waals surface area contributed by atoms with Crippen molar-refractivity contribution >= 4 is 41.4 Å². The number of hydrogen-bond donors (Lipinski definition) is 4. The van der Waals surface area contributed by atoms with Crippen molar-refractivity contribution in [3.8, 4) is 0 Å². The molecule has 1 aromatic carbocycles. The molecule has 51 heavy (non-hydrogen) atoms. The summed E-state index contributed by atoms with van der Waals surface area (Å²) < 4.78 is 61.7. The lowest BCUT2D eigenvalue weighted by Crippen LogP contribution is -2.37. The summed E-state index contributed by atoms with van der Waals surface area (Å²) in [6, 6.07) is 9.31. The number of rotatable bonds is 13. The zero-order valence-electron chi connectivity index (χ0n) is 26.1. The lowest BCUT2D eigenvalue weighted by atomic mass is 10.1. The molecule has 0 bridgehead atoms. The number of amides is 1. The Balaban J connectivity index is 1.17. The molecule has 3 aromatic heterocycles. The van der Waals surface area contributed by atoms with Crippen LogP contribution in [0.1, 0.15) is 22.8 Å². The van der Waals surface area contributed by atoms with Crippen LogP contribution in [0.25, 0.3) is 16.0 Å². The van der Waals surface area contributed by atoms with Crippen LogP contribution in [0.3, 0.4) is 0 Å². The summed E-state index contributed by atoms with van der Waals surface area (Å²) in [6.45, 7) is 1.05. The summed E-state index contributed by atoms with van der Waals surface area (Å²) in [7, 11) is 0.